The molecule has 0 aliphatic rings. The van der Waals surface area contributed by atoms with Gasteiger partial charge in [-0.15, -0.1) is 0 Å². The lowest BCUT2D eigenvalue weighted by Crippen LogP contribution is -2.05. The van der Waals surface area contributed by atoms with Gasteiger partial charge in [-0.1, -0.05) is 23.3 Å². The van der Waals surface area contributed by atoms with E-state index in [2.05, 4.69) is 15.4 Å². The van der Waals surface area contributed by atoms with E-state index in [1.54, 1.807) is 0 Å². The van der Waals surface area contributed by atoms with Gasteiger partial charge in [-0.25, -0.2) is 5.10 Å². The van der Waals surface area contributed by atoms with Crippen LogP contribution in [0.25, 0.3) is 5.69 Å². The number of nitrogens with one attached hydrogen (secondary N) is 2. The fourth-order valence-electron chi connectivity index (χ4n) is 0.920. The fourth-order valence-corrected chi connectivity index (χ4v) is 0.920. The summed E-state index contributed by atoms with van der Waals surface area (Å²) in [5.74, 6) is 0. The Labute approximate surface area is 68.2 Å². The van der Waals surface area contributed by atoms with Crippen molar-refractivity contribution in [3.63, 3.8) is 0 Å². The predicted octanol–water partition coefficient (Wildman–Crippen LogP) is 0.0749. The van der Waals surface area contributed by atoms with E-state index in [1.165, 1.54) is 4.80 Å². The van der Waals surface area contributed by atoms with Gasteiger partial charge in [-0.3, -0.25) is 5.41 Å². The van der Waals surface area contributed by atoms with Gasteiger partial charge in [0.15, 0.2) is 0 Å². The molecule has 2 rings (SSSR count). The van der Waals surface area contributed by atoms with Crippen LogP contribution < -0.4 is 5.62 Å². The van der Waals surface area contributed by atoms with Gasteiger partial charge in [0.2, 0.25) is 0 Å². The molecule has 1 aromatic carbocycles. The summed E-state index contributed by atoms with van der Waals surface area (Å²) in [5.41, 5.74) is 0.919. The van der Waals surface area contributed by atoms with Gasteiger partial charge < -0.3 is 0 Å². The molecule has 1 aromatic heterocycles. The second-order valence-corrected chi connectivity index (χ2v) is 2.30. The van der Waals surface area contributed by atoms with Gasteiger partial charge in [0, 0.05) is 0 Å². The molecule has 0 atom stereocenters. The summed E-state index contributed by atoms with van der Waals surface area (Å²) in [5, 5.41) is 17.0. The SMILES string of the molecule is N=c1nnn(-c2ccccc2)[nH]1. The summed E-state index contributed by atoms with van der Waals surface area (Å²) < 4.78 is 0. The molecule has 0 radical (unpaired) electrons. The lowest BCUT2D eigenvalue weighted by Gasteiger charge is -1.95. The molecular formula is C7H7N5. The van der Waals surface area contributed by atoms with Crippen molar-refractivity contribution >= 4 is 0 Å². The fraction of sp³-hybridized carbons (Fsp3) is 0. The van der Waals surface area contributed by atoms with Crippen molar-refractivity contribution in [1.82, 2.24) is 20.2 Å². The van der Waals surface area contributed by atoms with E-state index >= 15 is 0 Å². The van der Waals surface area contributed by atoms with E-state index in [0.29, 0.717) is 0 Å². The molecule has 5 heteroatoms. The molecule has 0 unspecified atom stereocenters. The molecule has 0 fully saturated rings. The summed E-state index contributed by atoms with van der Waals surface area (Å²) >= 11 is 0. The van der Waals surface area contributed by atoms with Gasteiger partial charge in [-0.2, -0.15) is 4.80 Å². The van der Waals surface area contributed by atoms with Gasteiger partial charge >= 0.3 is 0 Å². The minimum absolute atomic E-state index is 0.0545. The first-order valence-electron chi connectivity index (χ1n) is 3.48. The molecule has 2 aromatic rings. The van der Waals surface area contributed by atoms with Crippen LogP contribution in [0.15, 0.2) is 30.3 Å². The van der Waals surface area contributed by atoms with Crippen LogP contribution in [0.5, 0.6) is 0 Å². The predicted molar refractivity (Wildman–Crippen MR) is 41.6 cm³/mol. The number of hydrogen-bond donors (Lipinski definition) is 2. The van der Waals surface area contributed by atoms with Gasteiger partial charge in [0.25, 0.3) is 5.62 Å². The maximum absolute atomic E-state index is 7.12. The van der Waals surface area contributed by atoms with E-state index in [-0.39, 0.29) is 5.62 Å². The Morgan fingerprint density at radius 2 is 2.00 bits per heavy atom. The number of aromatic amines is 1. The second-order valence-electron chi connectivity index (χ2n) is 2.30. The molecule has 5 nitrogen and oxygen atoms in total. The number of hydrogen-bond acceptors (Lipinski definition) is 3. The topological polar surface area (TPSA) is 70.3 Å². The molecule has 0 aliphatic heterocycles. The molecule has 0 saturated carbocycles. The van der Waals surface area contributed by atoms with Crippen LogP contribution in [-0.2, 0) is 0 Å². The number of benzene rings is 1. The number of H-pyrrole nitrogens is 1. The van der Waals surface area contributed by atoms with Crippen LogP contribution in [0, 0.1) is 5.41 Å². The molecular weight excluding hydrogens is 154 g/mol. The highest BCUT2D eigenvalue weighted by Gasteiger charge is 1.94. The minimum Gasteiger partial charge on any atom is -0.265 e. The van der Waals surface area contributed by atoms with Crippen LogP contribution in [-0.4, -0.2) is 20.2 Å². The third-order valence-corrected chi connectivity index (χ3v) is 1.45. The summed E-state index contributed by atoms with van der Waals surface area (Å²) in [7, 11) is 0. The van der Waals surface area contributed by atoms with Crippen LogP contribution in [0.1, 0.15) is 0 Å². The average molecular weight is 161 g/mol. The number of para-hydroxylation sites is 1. The molecule has 0 aliphatic carbocycles. The van der Waals surface area contributed by atoms with Crippen LogP contribution in [0.3, 0.4) is 0 Å². The standard InChI is InChI=1S/C7H7N5/c8-7-9-11-12(10-7)6-4-2-1-3-5-6/h1-5H,(H2,8,10). The van der Waals surface area contributed by atoms with Crippen molar-refractivity contribution in [2.24, 2.45) is 0 Å². The summed E-state index contributed by atoms with van der Waals surface area (Å²) in [6, 6.07) is 9.47. The van der Waals surface area contributed by atoms with Gasteiger partial charge in [0.05, 0.1) is 5.69 Å². The highest BCUT2D eigenvalue weighted by atomic mass is 15.6. The van der Waals surface area contributed by atoms with Crippen LogP contribution in [0.4, 0.5) is 0 Å². The molecule has 0 bridgehead atoms. The number of aromatic nitrogens is 4. The Morgan fingerprint density at radius 3 is 2.58 bits per heavy atom. The van der Waals surface area contributed by atoms with Gasteiger partial charge in [0.1, 0.15) is 0 Å². The minimum atomic E-state index is 0.0545. The van der Waals surface area contributed by atoms with E-state index < -0.39 is 0 Å². The monoisotopic (exact) mass is 161 g/mol. The second kappa shape index (κ2) is 2.61. The van der Waals surface area contributed by atoms with E-state index in [0.717, 1.165) is 5.69 Å². The molecule has 0 amide bonds. The summed E-state index contributed by atoms with van der Waals surface area (Å²) in [4.78, 5) is 1.45. The quantitative estimate of drug-likeness (QED) is 0.621. The first kappa shape index (κ1) is 6.78. The zero-order chi connectivity index (χ0) is 8.39. The Kier molecular flexibility index (Phi) is 1.48. The van der Waals surface area contributed by atoms with Crippen molar-refractivity contribution in [2.45, 2.75) is 0 Å². The van der Waals surface area contributed by atoms with Crippen molar-refractivity contribution in [1.29, 1.82) is 5.41 Å². The third kappa shape index (κ3) is 1.12. The number of tetrazole rings is 1. The van der Waals surface area contributed by atoms with Crippen LogP contribution in [0.2, 0.25) is 0 Å². The van der Waals surface area contributed by atoms with E-state index in [1.807, 2.05) is 30.3 Å². The molecule has 0 saturated heterocycles. The Morgan fingerprint density at radius 1 is 1.25 bits per heavy atom. The highest BCUT2D eigenvalue weighted by molar-refractivity contribution is 5.27. The first-order chi connectivity index (χ1) is 5.86. The average Bonchev–Trinajstić information content (AvgIpc) is 2.54. The van der Waals surface area contributed by atoms with Crippen molar-refractivity contribution in [3.05, 3.63) is 36.0 Å². The Balaban J connectivity index is 2.51. The smallest absolute Gasteiger partial charge is 0.257 e. The van der Waals surface area contributed by atoms with Gasteiger partial charge in [-0.05, 0) is 17.3 Å². The van der Waals surface area contributed by atoms with Crippen molar-refractivity contribution < 1.29 is 0 Å². The zero-order valence-electron chi connectivity index (χ0n) is 6.23. The number of nitrogens with zero attached hydrogens (tertiary/aromatic N) is 3. The van der Waals surface area contributed by atoms with E-state index in [4.69, 9.17) is 5.41 Å². The molecule has 60 valence electrons. The van der Waals surface area contributed by atoms with Crippen molar-refractivity contribution in [3.8, 4) is 5.69 Å². The Bertz CT molecular complexity index is 413. The van der Waals surface area contributed by atoms with Crippen LogP contribution >= 0.6 is 0 Å². The maximum atomic E-state index is 7.12. The lowest BCUT2D eigenvalue weighted by molar-refractivity contribution is 0.718. The number of rotatable bonds is 1. The first-order valence-corrected chi connectivity index (χ1v) is 3.48. The molecule has 0 spiro atoms. The Hall–Kier alpha value is -1.91. The largest absolute Gasteiger partial charge is 0.265 e. The summed E-state index contributed by atoms with van der Waals surface area (Å²) in [6.07, 6.45) is 0. The normalized spacial score (nSPS) is 10.0. The summed E-state index contributed by atoms with van der Waals surface area (Å²) in [6.45, 7) is 0. The lowest BCUT2D eigenvalue weighted by atomic mass is 10.3. The molecule has 1 heterocycles. The van der Waals surface area contributed by atoms with E-state index in [9.17, 15) is 0 Å². The molecule has 2 N–H and O–H groups in total. The zero-order valence-corrected chi connectivity index (χ0v) is 6.23. The van der Waals surface area contributed by atoms with Crippen molar-refractivity contribution in [2.75, 3.05) is 0 Å². The third-order valence-electron chi connectivity index (χ3n) is 1.45. The molecule has 12 heavy (non-hydrogen) atoms. The highest BCUT2D eigenvalue weighted by Crippen LogP contribution is 1.99. The maximum Gasteiger partial charge on any atom is 0.257 e.